The summed E-state index contributed by atoms with van der Waals surface area (Å²) in [6, 6.07) is 14.4. The molecular weight excluding hydrogens is 272 g/mol. The standard InChI is InChI=1S/C19H20N2O/c22-19(9-8-16-5-4-12-20-15-16)21-13-10-18(11-14-21)17-6-2-1-3-7-17/h1-9,12,15,18H,10-11,13-14H2/b9-8+. The Balaban J connectivity index is 1.55. The molecule has 1 aromatic carbocycles. The first-order valence-electron chi connectivity index (χ1n) is 7.75. The molecule has 1 fully saturated rings. The molecule has 3 rings (SSSR count). The molecule has 0 saturated carbocycles. The monoisotopic (exact) mass is 292 g/mol. The van der Waals surface area contributed by atoms with Gasteiger partial charge in [0.2, 0.25) is 5.91 Å². The van der Waals surface area contributed by atoms with Gasteiger partial charge >= 0.3 is 0 Å². The van der Waals surface area contributed by atoms with E-state index >= 15 is 0 Å². The van der Waals surface area contributed by atoms with E-state index in [1.807, 2.05) is 29.2 Å². The molecule has 0 unspecified atom stereocenters. The first-order valence-corrected chi connectivity index (χ1v) is 7.75. The van der Waals surface area contributed by atoms with Crippen molar-refractivity contribution in [1.82, 2.24) is 9.88 Å². The fraction of sp³-hybridized carbons (Fsp3) is 0.263. The minimum atomic E-state index is 0.0929. The highest BCUT2D eigenvalue weighted by molar-refractivity contribution is 5.91. The van der Waals surface area contributed by atoms with Gasteiger partial charge < -0.3 is 4.90 Å². The van der Waals surface area contributed by atoms with Crippen molar-refractivity contribution in [1.29, 1.82) is 0 Å². The van der Waals surface area contributed by atoms with E-state index in [0.29, 0.717) is 5.92 Å². The van der Waals surface area contributed by atoms with E-state index in [1.165, 1.54) is 5.56 Å². The first kappa shape index (κ1) is 14.5. The normalized spacial score (nSPS) is 16.1. The number of piperidine rings is 1. The average Bonchev–Trinajstić information content (AvgIpc) is 2.61. The molecule has 1 amide bonds. The Hall–Kier alpha value is -2.42. The van der Waals surface area contributed by atoms with E-state index in [-0.39, 0.29) is 5.91 Å². The van der Waals surface area contributed by atoms with Crippen LogP contribution in [0.5, 0.6) is 0 Å². The molecule has 1 aromatic heterocycles. The molecule has 2 aromatic rings. The van der Waals surface area contributed by atoms with Crippen LogP contribution < -0.4 is 0 Å². The third-order valence-corrected chi connectivity index (χ3v) is 4.18. The number of benzene rings is 1. The summed E-state index contributed by atoms with van der Waals surface area (Å²) in [5.74, 6) is 0.669. The fourth-order valence-electron chi connectivity index (χ4n) is 2.91. The van der Waals surface area contributed by atoms with Crippen LogP contribution in [-0.4, -0.2) is 28.9 Å². The van der Waals surface area contributed by atoms with Crippen LogP contribution in [0.1, 0.15) is 29.9 Å². The topological polar surface area (TPSA) is 33.2 Å². The van der Waals surface area contributed by atoms with Crippen LogP contribution in [0.15, 0.2) is 60.9 Å². The summed E-state index contributed by atoms with van der Waals surface area (Å²) in [5.41, 5.74) is 2.34. The molecule has 0 N–H and O–H groups in total. The summed E-state index contributed by atoms with van der Waals surface area (Å²) >= 11 is 0. The number of carbonyl (C=O) groups excluding carboxylic acids is 1. The molecule has 1 saturated heterocycles. The average molecular weight is 292 g/mol. The van der Waals surface area contributed by atoms with E-state index in [0.717, 1.165) is 31.5 Å². The summed E-state index contributed by atoms with van der Waals surface area (Å²) in [7, 11) is 0. The Labute approximate surface area is 131 Å². The van der Waals surface area contributed by atoms with Gasteiger partial charge in [-0.15, -0.1) is 0 Å². The second-order valence-electron chi connectivity index (χ2n) is 5.63. The maximum Gasteiger partial charge on any atom is 0.246 e. The minimum absolute atomic E-state index is 0.0929. The number of hydrogen-bond acceptors (Lipinski definition) is 2. The summed E-state index contributed by atoms with van der Waals surface area (Å²) in [5, 5.41) is 0. The van der Waals surface area contributed by atoms with E-state index in [9.17, 15) is 4.79 Å². The Bertz CT molecular complexity index is 629. The zero-order valence-corrected chi connectivity index (χ0v) is 12.6. The van der Waals surface area contributed by atoms with Crippen molar-refractivity contribution in [3.63, 3.8) is 0 Å². The van der Waals surface area contributed by atoms with Gasteiger partial charge in [-0.3, -0.25) is 9.78 Å². The summed E-state index contributed by atoms with van der Waals surface area (Å²) < 4.78 is 0. The Morgan fingerprint density at radius 2 is 1.86 bits per heavy atom. The highest BCUT2D eigenvalue weighted by atomic mass is 16.2. The van der Waals surface area contributed by atoms with Crippen molar-refractivity contribution < 1.29 is 4.79 Å². The third kappa shape index (κ3) is 3.61. The second kappa shape index (κ2) is 7.03. The van der Waals surface area contributed by atoms with Crippen LogP contribution in [0, 0.1) is 0 Å². The first-order chi connectivity index (χ1) is 10.8. The number of rotatable bonds is 3. The molecule has 3 nitrogen and oxygen atoms in total. The zero-order valence-electron chi connectivity index (χ0n) is 12.6. The van der Waals surface area contributed by atoms with Crippen LogP contribution in [0.2, 0.25) is 0 Å². The molecule has 0 aliphatic carbocycles. The van der Waals surface area contributed by atoms with Crippen molar-refractivity contribution in [2.45, 2.75) is 18.8 Å². The van der Waals surface area contributed by atoms with Crippen molar-refractivity contribution in [2.75, 3.05) is 13.1 Å². The van der Waals surface area contributed by atoms with Gasteiger partial charge in [-0.25, -0.2) is 0 Å². The Morgan fingerprint density at radius 1 is 1.09 bits per heavy atom. The van der Waals surface area contributed by atoms with Gasteiger partial charge in [-0.1, -0.05) is 36.4 Å². The highest BCUT2D eigenvalue weighted by Gasteiger charge is 2.22. The lowest BCUT2D eigenvalue weighted by molar-refractivity contribution is -0.126. The Kier molecular flexibility index (Phi) is 4.64. The lowest BCUT2D eigenvalue weighted by atomic mass is 9.89. The molecule has 1 aliphatic heterocycles. The molecule has 0 spiro atoms. The molecule has 112 valence electrons. The molecular formula is C19H20N2O. The maximum atomic E-state index is 12.2. The van der Waals surface area contributed by atoms with Crippen molar-refractivity contribution in [3.05, 3.63) is 72.1 Å². The fourth-order valence-corrected chi connectivity index (χ4v) is 2.91. The molecule has 2 heterocycles. The number of pyridine rings is 1. The SMILES string of the molecule is O=C(/C=C/c1cccnc1)N1CCC(c2ccccc2)CC1. The summed E-state index contributed by atoms with van der Waals surface area (Å²) in [6.07, 6.45) is 9.05. The molecule has 0 atom stereocenters. The smallest absolute Gasteiger partial charge is 0.246 e. The minimum Gasteiger partial charge on any atom is -0.339 e. The number of aromatic nitrogens is 1. The predicted molar refractivity (Wildman–Crippen MR) is 88.3 cm³/mol. The van der Waals surface area contributed by atoms with E-state index in [1.54, 1.807) is 18.5 Å². The van der Waals surface area contributed by atoms with Gasteiger partial charge in [-0.05, 0) is 42.0 Å². The molecule has 1 aliphatic rings. The van der Waals surface area contributed by atoms with Crippen LogP contribution >= 0.6 is 0 Å². The van der Waals surface area contributed by atoms with E-state index in [2.05, 4.69) is 29.2 Å². The van der Waals surface area contributed by atoms with Crippen LogP contribution in [0.25, 0.3) is 6.08 Å². The third-order valence-electron chi connectivity index (χ3n) is 4.18. The lowest BCUT2D eigenvalue weighted by Crippen LogP contribution is -2.36. The maximum absolute atomic E-state index is 12.2. The van der Waals surface area contributed by atoms with Crippen LogP contribution in [-0.2, 0) is 4.79 Å². The molecule has 0 bridgehead atoms. The number of nitrogens with zero attached hydrogens (tertiary/aromatic N) is 2. The molecule has 22 heavy (non-hydrogen) atoms. The van der Waals surface area contributed by atoms with Crippen LogP contribution in [0.3, 0.4) is 0 Å². The summed E-state index contributed by atoms with van der Waals surface area (Å²) in [4.78, 5) is 18.2. The van der Waals surface area contributed by atoms with Gasteiger partial charge in [-0.2, -0.15) is 0 Å². The molecule has 0 radical (unpaired) electrons. The lowest BCUT2D eigenvalue weighted by Gasteiger charge is -2.31. The van der Waals surface area contributed by atoms with Gasteiger partial charge in [0.15, 0.2) is 0 Å². The quantitative estimate of drug-likeness (QED) is 0.811. The van der Waals surface area contributed by atoms with Crippen molar-refractivity contribution in [3.8, 4) is 0 Å². The van der Waals surface area contributed by atoms with Gasteiger partial charge in [0.05, 0.1) is 0 Å². The van der Waals surface area contributed by atoms with Gasteiger partial charge in [0.25, 0.3) is 0 Å². The number of likely N-dealkylation sites (tertiary alicyclic amines) is 1. The predicted octanol–water partition coefficient (Wildman–Crippen LogP) is 3.50. The van der Waals surface area contributed by atoms with Gasteiger partial charge in [0.1, 0.15) is 0 Å². The van der Waals surface area contributed by atoms with E-state index in [4.69, 9.17) is 0 Å². The largest absolute Gasteiger partial charge is 0.339 e. The van der Waals surface area contributed by atoms with Crippen molar-refractivity contribution in [2.24, 2.45) is 0 Å². The number of carbonyl (C=O) groups is 1. The second-order valence-corrected chi connectivity index (χ2v) is 5.63. The highest BCUT2D eigenvalue weighted by Crippen LogP contribution is 2.27. The van der Waals surface area contributed by atoms with E-state index < -0.39 is 0 Å². The van der Waals surface area contributed by atoms with Crippen molar-refractivity contribution >= 4 is 12.0 Å². The van der Waals surface area contributed by atoms with Gasteiger partial charge in [0, 0.05) is 31.6 Å². The Morgan fingerprint density at radius 3 is 2.55 bits per heavy atom. The van der Waals surface area contributed by atoms with Crippen LogP contribution in [0.4, 0.5) is 0 Å². The number of amides is 1. The molecule has 3 heteroatoms. The zero-order chi connectivity index (χ0) is 15.2. The summed E-state index contributed by atoms with van der Waals surface area (Å²) in [6.45, 7) is 1.66. The number of hydrogen-bond donors (Lipinski definition) is 0.